The molecule has 0 radical (unpaired) electrons. The Hall–Kier alpha value is -1.37. The van der Waals surface area contributed by atoms with Gasteiger partial charge in [0.1, 0.15) is 5.40 Å². The number of thioether (sulfide) groups is 1. The van der Waals surface area contributed by atoms with Crippen LogP contribution in [0.1, 0.15) is 0 Å². The van der Waals surface area contributed by atoms with E-state index in [-0.39, 0.29) is 0 Å². The second-order valence-corrected chi connectivity index (χ2v) is 5.46. The summed E-state index contributed by atoms with van der Waals surface area (Å²) in [6, 6.07) is 7.34. The van der Waals surface area contributed by atoms with Gasteiger partial charge in [-0.3, -0.25) is 0 Å². The SMILES string of the molecule is N#CSc1ccc(NC(=S)NC(CN)(CN)CN)cc1. The van der Waals surface area contributed by atoms with Crippen molar-refractivity contribution >= 4 is 34.8 Å². The highest BCUT2D eigenvalue weighted by atomic mass is 32.2. The van der Waals surface area contributed by atoms with E-state index >= 15 is 0 Å². The molecule has 0 atom stereocenters. The van der Waals surface area contributed by atoms with Gasteiger partial charge in [-0.25, -0.2) is 0 Å². The summed E-state index contributed by atoms with van der Waals surface area (Å²) in [4.78, 5) is 0.872. The van der Waals surface area contributed by atoms with Crippen LogP contribution < -0.4 is 27.8 Å². The van der Waals surface area contributed by atoms with E-state index in [1.807, 2.05) is 29.7 Å². The number of hydrogen-bond acceptors (Lipinski definition) is 6. The molecule has 1 aromatic rings. The summed E-state index contributed by atoms with van der Waals surface area (Å²) in [5.41, 5.74) is 17.3. The highest BCUT2D eigenvalue weighted by Gasteiger charge is 2.25. The molecule has 0 spiro atoms. The van der Waals surface area contributed by atoms with Gasteiger partial charge in [-0.2, -0.15) is 5.26 Å². The summed E-state index contributed by atoms with van der Waals surface area (Å²) in [7, 11) is 0. The largest absolute Gasteiger partial charge is 0.353 e. The average Bonchev–Trinajstić information content (AvgIpc) is 2.47. The maximum atomic E-state index is 8.57. The molecule has 1 aromatic carbocycles. The van der Waals surface area contributed by atoms with Gasteiger partial charge in [-0.15, -0.1) is 0 Å². The third-order valence-electron chi connectivity index (χ3n) is 2.83. The van der Waals surface area contributed by atoms with Crippen LogP contribution in [0.5, 0.6) is 0 Å². The molecule has 0 aliphatic rings. The summed E-state index contributed by atoms with van der Waals surface area (Å²) >= 11 is 6.32. The van der Waals surface area contributed by atoms with Crippen molar-refractivity contribution in [3.05, 3.63) is 24.3 Å². The molecule has 0 heterocycles. The Bertz CT molecular complexity index is 469. The molecule has 6 nitrogen and oxygen atoms in total. The molecule has 20 heavy (non-hydrogen) atoms. The minimum absolute atomic E-state index is 0.291. The van der Waals surface area contributed by atoms with E-state index in [0.717, 1.165) is 22.3 Å². The fourth-order valence-corrected chi connectivity index (χ4v) is 2.18. The zero-order valence-corrected chi connectivity index (χ0v) is 12.6. The van der Waals surface area contributed by atoms with Crippen LogP contribution in [0, 0.1) is 10.7 Å². The van der Waals surface area contributed by atoms with Crippen molar-refractivity contribution in [2.45, 2.75) is 10.4 Å². The van der Waals surface area contributed by atoms with Crippen LogP contribution in [-0.4, -0.2) is 30.3 Å². The smallest absolute Gasteiger partial charge is 0.171 e. The van der Waals surface area contributed by atoms with Gasteiger partial charge in [0.15, 0.2) is 5.11 Å². The van der Waals surface area contributed by atoms with E-state index in [9.17, 15) is 0 Å². The second kappa shape index (κ2) is 8.04. The van der Waals surface area contributed by atoms with Crippen molar-refractivity contribution in [3.63, 3.8) is 0 Å². The lowest BCUT2D eigenvalue weighted by atomic mass is 10.0. The molecule has 0 bridgehead atoms. The number of nitriles is 1. The van der Waals surface area contributed by atoms with E-state index in [0.29, 0.717) is 24.7 Å². The van der Waals surface area contributed by atoms with Crippen molar-refractivity contribution in [1.82, 2.24) is 5.32 Å². The highest BCUT2D eigenvalue weighted by Crippen LogP contribution is 2.19. The molecule has 1 rings (SSSR count). The molecule has 8 N–H and O–H groups in total. The summed E-state index contributed by atoms with van der Waals surface area (Å²) in [5, 5.41) is 17.1. The van der Waals surface area contributed by atoms with Crippen molar-refractivity contribution in [2.24, 2.45) is 17.2 Å². The van der Waals surface area contributed by atoms with Gasteiger partial charge >= 0.3 is 0 Å². The molecule has 0 amide bonds. The lowest BCUT2D eigenvalue weighted by Crippen LogP contribution is -2.63. The van der Waals surface area contributed by atoms with E-state index in [1.54, 1.807) is 0 Å². The standard InChI is InChI=1S/C12H18N6S2/c13-5-12(6-14,7-15)18-11(19)17-9-1-3-10(4-2-9)20-8-16/h1-4H,5-7,13-15H2,(H2,17,18,19). The van der Waals surface area contributed by atoms with Crippen LogP contribution in [0.4, 0.5) is 5.69 Å². The fourth-order valence-electron chi connectivity index (χ4n) is 1.47. The van der Waals surface area contributed by atoms with Gasteiger partial charge in [0, 0.05) is 30.2 Å². The van der Waals surface area contributed by atoms with Crippen molar-refractivity contribution < 1.29 is 0 Å². The molecule has 0 fully saturated rings. The topological polar surface area (TPSA) is 126 Å². The summed E-state index contributed by atoms with van der Waals surface area (Å²) in [6.07, 6.45) is 0. The highest BCUT2D eigenvalue weighted by molar-refractivity contribution is 8.03. The number of nitrogens with two attached hydrogens (primary N) is 3. The number of nitrogens with zero attached hydrogens (tertiary/aromatic N) is 1. The third-order valence-corrected chi connectivity index (χ3v) is 3.63. The number of nitrogens with one attached hydrogen (secondary N) is 2. The maximum absolute atomic E-state index is 8.57. The first-order valence-electron chi connectivity index (χ1n) is 5.94. The molecule has 0 aromatic heterocycles. The molecule has 8 heteroatoms. The van der Waals surface area contributed by atoms with Gasteiger partial charge in [0.2, 0.25) is 0 Å². The Morgan fingerprint density at radius 1 is 1.20 bits per heavy atom. The molecule has 0 aliphatic heterocycles. The third kappa shape index (κ3) is 4.63. The minimum Gasteiger partial charge on any atom is -0.353 e. The molecular weight excluding hydrogens is 292 g/mol. The molecule has 0 saturated heterocycles. The predicted molar refractivity (Wildman–Crippen MR) is 87.2 cm³/mol. The minimum atomic E-state index is -0.597. The summed E-state index contributed by atoms with van der Waals surface area (Å²) < 4.78 is 0. The summed E-state index contributed by atoms with van der Waals surface area (Å²) in [6.45, 7) is 0.874. The number of benzene rings is 1. The number of rotatable bonds is 6. The Morgan fingerprint density at radius 2 is 1.75 bits per heavy atom. The van der Waals surface area contributed by atoms with Crippen LogP contribution in [0.15, 0.2) is 29.2 Å². The quantitative estimate of drug-likeness (QED) is 0.286. The Balaban J connectivity index is 2.64. The van der Waals surface area contributed by atoms with Gasteiger partial charge in [0.25, 0.3) is 0 Å². The van der Waals surface area contributed by atoms with Gasteiger partial charge < -0.3 is 27.8 Å². The molecule has 0 saturated carbocycles. The number of thiocarbonyl (C=S) groups is 1. The van der Waals surface area contributed by atoms with Gasteiger partial charge in [-0.05, 0) is 48.2 Å². The van der Waals surface area contributed by atoms with Crippen LogP contribution in [0.2, 0.25) is 0 Å². The first-order chi connectivity index (χ1) is 9.59. The first kappa shape index (κ1) is 16.7. The van der Waals surface area contributed by atoms with E-state index in [1.165, 1.54) is 0 Å². The zero-order chi connectivity index (χ0) is 15.0. The van der Waals surface area contributed by atoms with Crippen LogP contribution >= 0.6 is 24.0 Å². The monoisotopic (exact) mass is 310 g/mol. The predicted octanol–water partition coefficient (Wildman–Crippen LogP) is 0.161. The second-order valence-electron chi connectivity index (χ2n) is 4.19. The number of anilines is 1. The lowest BCUT2D eigenvalue weighted by molar-refractivity contribution is 0.411. The van der Waals surface area contributed by atoms with E-state index < -0.39 is 5.54 Å². The number of thiocyanates is 1. The average molecular weight is 310 g/mol. The Kier molecular flexibility index (Phi) is 6.70. The zero-order valence-electron chi connectivity index (χ0n) is 10.9. The van der Waals surface area contributed by atoms with Crippen molar-refractivity contribution in [1.29, 1.82) is 5.26 Å². The van der Waals surface area contributed by atoms with Crippen molar-refractivity contribution in [2.75, 3.05) is 25.0 Å². The molecule has 0 unspecified atom stereocenters. The Morgan fingerprint density at radius 3 is 2.20 bits per heavy atom. The van der Waals surface area contributed by atoms with Gasteiger partial charge in [0.05, 0.1) is 5.54 Å². The van der Waals surface area contributed by atoms with Crippen LogP contribution in [0.3, 0.4) is 0 Å². The van der Waals surface area contributed by atoms with Crippen LogP contribution in [0.25, 0.3) is 0 Å². The van der Waals surface area contributed by atoms with Crippen LogP contribution in [-0.2, 0) is 0 Å². The number of hydrogen-bond donors (Lipinski definition) is 5. The summed E-state index contributed by atoms with van der Waals surface area (Å²) in [5.74, 6) is 0. The van der Waals surface area contributed by atoms with Gasteiger partial charge in [-0.1, -0.05) is 0 Å². The Labute approximate surface area is 128 Å². The first-order valence-corrected chi connectivity index (χ1v) is 7.17. The van der Waals surface area contributed by atoms with E-state index in [2.05, 4.69) is 10.6 Å². The molecule has 0 aliphatic carbocycles. The molecule has 108 valence electrons. The fraction of sp³-hybridized carbons (Fsp3) is 0.333. The maximum Gasteiger partial charge on any atom is 0.171 e. The van der Waals surface area contributed by atoms with E-state index in [4.69, 9.17) is 34.7 Å². The normalized spacial score (nSPS) is 10.7. The lowest BCUT2D eigenvalue weighted by Gasteiger charge is -2.32. The van der Waals surface area contributed by atoms with Crippen molar-refractivity contribution in [3.8, 4) is 5.40 Å². The molecular formula is C12H18N6S2.